The van der Waals surface area contributed by atoms with Crippen LogP contribution in [0.1, 0.15) is 55.3 Å². The van der Waals surface area contributed by atoms with E-state index in [-0.39, 0.29) is 0 Å². The molecule has 6 heteroatoms. The van der Waals surface area contributed by atoms with Gasteiger partial charge in [0.1, 0.15) is 5.82 Å². The minimum Gasteiger partial charge on any atom is -0.366 e. The molecule has 1 aliphatic heterocycles. The number of nitrogens with two attached hydrogens (primary N) is 1. The monoisotopic (exact) mass is 367 g/mol. The predicted molar refractivity (Wildman–Crippen MR) is 107 cm³/mol. The minimum atomic E-state index is -0.422. The van der Waals surface area contributed by atoms with Gasteiger partial charge in [-0.05, 0) is 65.4 Å². The molecule has 0 atom stereocenters. The van der Waals surface area contributed by atoms with E-state index < -0.39 is 5.91 Å². The number of rotatable bonds is 6. The Morgan fingerprint density at radius 1 is 1.22 bits per heavy atom. The molecule has 3 rings (SSSR count). The van der Waals surface area contributed by atoms with Crippen LogP contribution in [-0.2, 0) is 6.42 Å². The Balaban J connectivity index is 1.88. The number of hydrogen-bond donors (Lipinski definition) is 1. The van der Waals surface area contributed by atoms with Crippen molar-refractivity contribution in [2.45, 2.75) is 45.6 Å². The van der Waals surface area contributed by atoms with E-state index in [1.54, 1.807) is 12.1 Å². The first-order valence-corrected chi connectivity index (χ1v) is 9.61. The lowest BCUT2D eigenvalue weighted by molar-refractivity contribution is 0.100. The number of allylic oxidation sites excluding steroid dienone is 2. The van der Waals surface area contributed by atoms with Gasteiger partial charge >= 0.3 is 0 Å². The molecule has 27 heavy (non-hydrogen) atoms. The first-order valence-electron chi connectivity index (χ1n) is 9.61. The Bertz CT molecular complexity index is 810. The summed E-state index contributed by atoms with van der Waals surface area (Å²) < 4.78 is 2.14. The SMILES string of the molecule is CC(C)=CCCc1nc(-c2ccc(C(N)=O)cc2)nn1C1CCN(C)CC1. The van der Waals surface area contributed by atoms with E-state index in [2.05, 4.69) is 36.6 Å². The molecule has 0 bridgehead atoms. The van der Waals surface area contributed by atoms with Crippen LogP contribution in [-0.4, -0.2) is 45.7 Å². The highest BCUT2D eigenvalue weighted by Gasteiger charge is 2.23. The van der Waals surface area contributed by atoms with Gasteiger partial charge in [-0.25, -0.2) is 9.67 Å². The van der Waals surface area contributed by atoms with Crippen molar-refractivity contribution in [1.82, 2.24) is 19.7 Å². The highest BCUT2D eigenvalue weighted by atomic mass is 16.1. The number of nitrogens with zero attached hydrogens (tertiary/aromatic N) is 4. The van der Waals surface area contributed by atoms with Crippen LogP contribution in [0.15, 0.2) is 35.9 Å². The van der Waals surface area contributed by atoms with Crippen molar-refractivity contribution in [3.63, 3.8) is 0 Å². The van der Waals surface area contributed by atoms with Crippen LogP contribution in [0.2, 0.25) is 0 Å². The van der Waals surface area contributed by atoms with Crippen molar-refractivity contribution in [2.75, 3.05) is 20.1 Å². The molecule has 2 N–H and O–H groups in total. The fourth-order valence-electron chi connectivity index (χ4n) is 3.45. The van der Waals surface area contributed by atoms with Gasteiger partial charge in [0.2, 0.25) is 5.91 Å². The van der Waals surface area contributed by atoms with Gasteiger partial charge in [-0.2, -0.15) is 5.10 Å². The smallest absolute Gasteiger partial charge is 0.248 e. The van der Waals surface area contributed by atoms with E-state index in [0.29, 0.717) is 11.6 Å². The molecule has 0 spiro atoms. The maximum absolute atomic E-state index is 11.3. The molecule has 2 heterocycles. The maximum Gasteiger partial charge on any atom is 0.248 e. The molecule has 0 radical (unpaired) electrons. The third-order valence-electron chi connectivity index (χ3n) is 5.08. The summed E-state index contributed by atoms with van der Waals surface area (Å²) in [6.45, 7) is 6.40. The Hall–Kier alpha value is -2.47. The number of piperidine rings is 1. The molecule has 2 aromatic rings. The number of hydrogen-bond acceptors (Lipinski definition) is 4. The Morgan fingerprint density at radius 3 is 2.48 bits per heavy atom. The molecule has 1 aromatic heterocycles. The molecule has 1 fully saturated rings. The number of amides is 1. The van der Waals surface area contributed by atoms with Crippen LogP contribution in [0.3, 0.4) is 0 Å². The Kier molecular flexibility index (Phi) is 6.06. The van der Waals surface area contributed by atoms with Crippen LogP contribution >= 0.6 is 0 Å². The lowest BCUT2D eigenvalue weighted by Gasteiger charge is -2.29. The van der Waals surface area contributed by atoms with Gasteiger partial charge in [0.25, 0.3) is 0 Å². The zero-order valence-corrected chi connectivity index (χ0v) is 16.5. The van der Waals surface area contributed by atoms with Crippen molar-refractivity contribution in [3.8, 4) is 11.4 Å². The largest absolute Gasteiger partial charge is 0.366 e. The number of aromatic nitrogens is 3. The highest BCUT2D eigenvalue weighted by molar-refractivity contribution is 5.93. The third-order valence-corrected chi connectivity index (χ3v) is 5.08. The van der Waals surface area contributed by atoms with Gasteiger partial charge in [0.15, 0.2) is 5.82 Å². The highest BCUT2D eigenvalue weighted by Crippen LogP contribution is 2.25. The zero-order chi connectivity index (χ0) is 19.4. The van der Waals surface area contributed by atoms with Crippen LogP contribution < -0.4 is 5.73 Å². The number of primary amides is 1. The second-order valence-corrected chi connectivity index (χ2v) is 7.59. The molecule has 1 amide bonds. The minimum absolute atomic E-state index is 0.397. The normalized spacial score (nSPS) is 15.7. The van der Waals surface area contributed by atoms with Crippen molar-refractivity contribution >= 4 is 5.91 Å². The standard InChI is InChI=1S/C21H29N5O/c1-15(2)5-4-6-19-23-21(17-9-7-16(8-10-17)20(22)27)24-26(19)18-11-13-25(3)14-12-18/h5,7-10,18H,4,6,11-14H2,1-3H3,(H2,22,27). The summed E-state index contributed by atoms with van der Waals surface area (Å²) in [6.07, 6.45) is 6.28. The molecular formula is C21H29N5O. The molecular weight excluding hydrogens is 338 g/mol. The van der Waals surface area contributed by atoms with Crippen molar-refractivity contribution in [1.29, 1.82) is 0 Å². The van der Waals surface area contributed by atoms with Crippen LogP contribution in [0, 0.1) is 0 Å². The van der Waals surface area contributed by atoms with E-state index in [1.165, 1.54) is 5.57 Å². The molecule has 0 aliphatic carbocycles. The Labute approximate surface area is 161 Å². The lowest BCUT2D eigenvalue weighted by atomic mass is 10.1. The van der Waals surface area contributed by atoms with Gasteiger partial charge < -0.3 is 10.6 Å². The maximum atomic E-state index is 11.3. The van der Waals surface area contributed by atoms with E-state index >= 15 is 0 Å². The van der Waals surface area contributed by atoms with Gasteiger partial charge in [-0.3, -0.25) is 4.79 Å². The fourth-order valence-corrected chi connectivity index (χ4v) is 3.45. The first-order chi connectivity index (χ1) is 12.9. The van der Waals surface area contributed by atoms with Gasteiger partial charge in [-0.1, -0.05) is 23.8 Å². The van der Waals surface area contributed by atoms with Crippen LogP contribution in [0.25, 0.3) is 11.4 Å². The topological polar surface area (TPSA) is 77.0 Å². The number of aryl methyl sites for hydroxylation is 1. The Morgan fingerprint density at radius 2 is 1.89 bits per heavy atom. The van der Waals surface area contributed by atoms with E-state index in [0.717, 1.165) is 56.0 Å². The number of carbonyl (C=O) groups excluding carboxylic acids is 1. The van der Waals surface area contributed by atoms with Gasteiger partial charge in [0.05, 0.1) is 6.04 Å². The van der Waals surface area contributed by atoms with Crippen LogP contribution in [0.5, 0.6) is 0 Å². The van der Waals surface area contributed by atoms with E-state index in [1.807, 2.05) is 12.1 Å². The quantitative estimate of drug-likeness (QED) is 0.795. The second kappa shape index (κ2) is 8.48. The average molecular weight is 367 g/mol. The van der Waals surface area contributed by atoms with Crippen molar-refractivity contribution in [3.05, 3.63) is 47.3 Å². The molecule has 0 saturated carbocycles. The average Bonchev–Trinajstić information content (AvgIpc) is 3.06. The van der Waals surface area contributed by atoms with Crippen LogP contribution in [0.4, 0.5) is 0 Å². The van der Waals surface area contributed by atoms with Gasteiger partial charge in [-0.15, -0.1) is 0 Å². The first kappa shape index (κ1) is 19.3. The molecule has 6 nitrogen and oxygen atoms in total. The summed E-state index contributed by atoms with van der Waals surface area (Å²) in [5, 5.41) is 4.85. The number of carbonyl (C=O) groups is 1. The summed E-state index contributed by atoms with van der Waals surface area (Å²) in [4.78, 5) is 18.5. The predicted octanol–water partition coefficient (Wildman–Crippen LogP) is 3.21. The summed E-state index contributed by atoms with van der Waals surface area (Å²) in [6, 6.07) is 7.60. The molecule has 0 unspecified atom stereocenters. The molecule has 144 valence electrons. The van der Waals surface area contributed by atoms with Crippen molar-refractivity contribution < 1.29 is 4.79 Å². The zero-order valence-electron chi connectivity index (χ0n) is 16.5. The van der Waals surface area contributed by atoms with E-state index in [4.69, 9.17) is 15.8 Å². The summed E-state index contributed by atoms with van der Waals surface area (Å²) in [7, 11) is 2.17. The molecule has 1 aliphatic rings. The van der Waals surface area contributed by atoms with E-state index in [9.17, 15) is 4.79 Å². The number of likely N-dealkylation sites (tertiary alicyclic amines) is 1. The second-order valence-electron chi connectivity index (χ2n) is 7.59. The molecule has 1 aromatic carbocycles. The molecule has 1 saturated heterocycles. The third kappa shape index (κ3) is 4.83. The van der Waals surface area contributed by atoms with Crippen molar-refractivity contribution in [2.24, 2.45) is 5.73 Å². The summed E-state index contributed by atoms with van der Waals surface area (Å²) in [5.41, 5.74) is 8.07. The summed E-state index contributed by atoms with van der Waals surface area (Å²) in [5.74, 6) is 1.34. The lowest BCUT2D eigenvalue weighted by Crippen LogP contribution is -2.32. The number of benzene rings is 1. The summed E-state index contributed by atoms with van der Waals surface area (Å²) >= 11 is 0. The fraction of sp³-hybridized carbons (Fsp3) is 0.476. The van der Waals surface area contributed by atoms with Gasteiger partial charge in [0, 0.05) is 17.5 Å².